The molecule has 2 aromatic carbocycles. The average Bonchev–Trinajstić information content (AvgIpc) is 2.58. The highest BCUT2D eigenvalue weighted by molar-refractivity contribution is 5.78. The summed E-state index contributed by atoms with van der Waals surface area (Å²) in [6.07, 6.45) is 0.485. The van der Waals surface area contributed by atoms with Crippen molar-refractivity contribution in [2.75, 3.05) is 0 Å². The maximum Gasteiger partial charge on any atom is 0.134 e. The zero-order valence-corrected chi connectivity index (χ0v) is 14.4. The lowest BCUT2D eigenvalue weighted by molar-refractivity contribution is -0.116. The van der Waals surface area contributed by atoms with Gasteiger partial charge in [-0.05, 0) is 30.2 Å². The maximum absolute atomic E-state index is 11.0. The molecule has 0 saturated carbocycles. The fourth-order valence-electron chi connectivity index (χ4n) is 1.73. The first-order valence-corrected chi connectivity index (χ1v) is 7.99. The van der Waals surface area contributed by atoms with Gasteiger partial charge in [0.25, 0.3) is 0 Å². The van der Waals surface area contributed by atoms with Crippen LogP contribution in [0.5, 0.6) is 5.75 Å². The van der Waals surface area contributed by atoms with Gasteiger partial charge in [-0.15, -0.1) is 0 Å². The van der Waals surface area contributed by atoms with E-state index >= 15 is 0 Å². The topological polar surface area (TPSA) is 26.3 Å². The van der Waals surface area contributed by atoms with Gasteiger partial charge in [0.15, 0.2) is 0 Å². The monoisotopic (exact) mass is 300 g/mol. The third kappa shape index (κ3) is 8.25. The Hall–Kier alpha value is -2.09. The average molecular weight is 300 g/mol. The molecule has 2 nitrogen and oxygen atoms in total. The van der Waals surface area contributed by atoms with Crippen LogP contribution in [0.15, 0.2) is 54.6 Å². The highest BCUT2D eigenvalue weighted by Crippen LogP contribution is 2.14. The fourth-order valence-corrected chi connectivity index (χ4v) is 1.73. The van der Waals surface area contributed by atoms with Gasteiger partial charge in [-0.25, -0.2) is 0 Å². The molecule has 0 radical (unpaired) electrons. The van der Waals surface area contributed by atoms with Gasteiger partial charge in [-0.3, -0.25) is 4.79 Å². The summed E-state index contributed by atoms with van der Waals surface area (Å²) < 4.78 is 5.67. The molecule has 0 unspecified atom stereocenters. The molecule has 0 aliphatic rings. The first-order valence-electron chi connectivity index (χ1n) is 7.99. The smallest absolute Gasteiger partial charge is 0.134 e. The van der Waals surface area contributed by atoms with Crippen molar-refractivity contribution in [3.05, 3.63) is 65.7 Å². The lowest BCUT2D eigenvalue weighted by atomic mass is 10.1. The maximum atomic E-state index is 11.0. The number of Topliss-reactive ketones (excluding diaryl/α,β-unsaturated/α-hetero) is 1. The summed E-state index contributed by atoms with van der Waals surface area (Å²) in [6.45, 7) is 10.2. The molecule has 0 fully saturated rings. The second-order valence-electron chi connectivity index (χ2n) is 4.30. The molecule has 0 bridgehead atoms. The molecule has 0 N–H and O–H groups in total. The third-order valence-corrected chi connectivity index (χ3v) is 2.62. The third-order valence-electron chi connectivity index (χ3n) is 2.62. The van der Waals surface area contributed by atoms with Gasteiger partial charge in [-0.1, -0.05) is 70.2 Å². The number of hydrogen-bond donors (Lipinski definition) is 0. The molecular formula is C20H28O2. The molecule has 0 atom stereocenters. The van der Waals surface area contributed by atoms with Crippen LogP contribution in [0.4, 0.5) is 0 Å². The van der Waals surface area contributed by atoms with Gasteiger partial charge in [0, 0.05) is 6.42 Å². The molecular weight excluding hydrogens is 272 g/mol. The molecule has 0 saturated heterocycles. The van der Waals surface area contributed by atoms with E-state index < -0.39 is 0 Å². The lowest BCUT2D eigenvalue weighted by Gasteiger charge is -2.06. The Morgan fingerprint density at radius 3 is 1.86 bits per heavy atom. The van der Waals surface area contributed by atoms with E-state index in [-0.39, 0.29) is 5.78 Å². The van der Waals surface area contributed by atoms with Crippen molar-refractivity contribution in [3.8, 4) is 5.75 Å². The van der Waals surface area contributed by atoms with Gasteiger partial charge < -0.3 is 4.74 Å². The van der Waals surface area contributed by atoms with Crippen molar-refractivity contribution in [1.29, 1.82) is 0 Å². The van der Waals surface area contributed by atoms with Crippen LogP contribution in [-0.2, 0) is 17.8 Å². The van der Waals surface area contributed by atoms with Crippen molar-refractivity contribution in [2.45, 2.75) is 47.6 Å². The van der Waals surface area contributed by atoms with Crippen LogP contribution in [0.1, 0.15) is 45.7 Å². The minimum Gasteiger partial charge on any atom is -0.489 e. The molecule has 0 heterocycles. The number of rotatable bonds is 5. The molecule has 2 rings (SSSR count). The quantitative estimate of drug-likeness (QED) is 0.734. The summed E-state index contributed by atoms with van der Waals surface area (Å²) in [7, 11) is 0. The van der Waals surface area contributed by atoms with Crippen LogP contribution in [0.25, 0.3) is 0 Å². The highest BCUT2D eigenvalue weighted by Gasteiger charge is 1.99. The van der Waals surface area contributed by atoms with Crippen LogP contribution >= 0.6 is 0 Å². The van der Waals surface area contributed by atoms with Gasteiger partial charge in [-0.2, -0.15) is 0 Å². The second kappa shape index (κ2) is 12.6. The number of hydrogen-bond acceptors (Lipinski definition) is 2. The predicted molar refractivity (Wildman–Crippen MR) is 94.3 cm³/mol. The van der Waals surface area contributed by atoms with Crippen molar-refractivity contribution in [1.82, 2.24) is 0 Å². The fraction of sp³-hybridized carbons (Fsp3) is 0.350. The summed E-state index contributed by atoms with van der Waals surface area (Å²) in [5.74, 6) is 0.999. The van der Waals surface area contributed by atoms with E-state index in [2.05, 4.69) is 0 Å². The number of carbonyl (C=O) groups excluding carboxylic acids is 1. The van der Waals surface area contributed by atoms with E-state index in [0.29, 0.717) is 13.0 Å². The van der Waals surface area contributed by atoms with Crippen LogP contribution in [-0.4, -0.2) is 5.78 Å². The lowest BCUT2D eigenvalue weighted by Crippen LogP contribution is -1.97. The van der Waals surface area contributed by atoms with Gasteiger partial charge in [0.05, 0.1) is 0 Å². The number of benzene rings is 2. The second-order valence-corrected chi connectivity index (χ2v) is 4.30. The Morgan fingerprint density at radius 2 is 1.36 bits per heavy atom. The molecule has 2 aromatic rings. The Kier molecular flexibility index (Phi) is 11.4. The molecule has 0 aliphatic heterocycles. The van der Waals surface area contributed by atoms with E-state index in [1.807, 2.05) is 82.3 Å². The molecule has 0 aliphatic carbocycles. The van der Waals surface area contributed by atoms with Crippen molar-refractivity contribution in [2.24, 2.45) is 0 Å². The molecule has 22 heavy (non-hydrogen) atoms. The van der Waals surface area contributed by atoms with Crippen LogP contribution in [0, 0.1) is 0 Å². The van der Waals surface area contributed by atoms with Gasteiger partial charge in [0.2, 0.25) is 0 Å². The highest BCUT2D eigenvalue weighted by atomic mass is 16.5. The summed E-state index contributed by atoms with van der Waals surface area (Å²) in [4.78, 5) is 11.0. The Balaban J connectivity index is 0.00000102. The first kappa shape index (κ1) is 19.9. The SMILES string of the molecule is CC.CC.CC(=O)Cc1ccc(OCc2ccccc2)cc1. The molecule has 0 spiro atoms. The number of ether oxygens (including phenoxy) is 1. The van der Waals surface area contributed by atoms with Crippen LogP contribution in [0.3, 0.4) is 0 Å². The van der Waals surface area contributed by atoms with E-state index in [0.717, 1.165) is 16.9 Å². The van der Waals surface area contributed by atoms with Gasteiger partial charge in [0.1, 0.15) is 18.1 Å². The number of carbonyl (C=O) groups is 1. The van der Waals surface area contributed by atoms with Crippen LogP contribution in [0.2, 0.25) is 0 Å². The van der Waals surface area contributed by atoms with E-state index in [1.54, 1.807) is 6.92 Å². The van der Waals surface area contributed by atoms with Crippen LogP contribution < -0.4 is 4.74 Å². The van der Waals surface area contributed by atoms with Crippen molar-refractivity contribution < 1.29 is 9.53 Å². The standard InChI is InChI=1S/C16H16O2.2C2H6/c1-13(17)11-14-7-9-16(10-8-14)18-12-15-5-3-2-4-6-15;2*1-2/h2-10H,11-12H2,1H3;2*1-2H3. The Bertz CT molecular complexity index is 501. The van der Waals surface area contributed by atoms with Crippen molar-refractivity contribution in [3.63, 3.8) is 0 Å². The van der Waals surface area contributed by atoms with E-state index in [4.69, 9.17) is 4.74 Å². The summed E-state index contributed by atoms with van der Waals surface area (Å²) in [6, 6.07) is 17.7. The number of ketones is 1. The first-order chi connectivity index (χ1) is 10.7. The molecule has 2 heteroatoms. The minimum atomic E-state index is 0.174. The Labute approximate surface area is 135 Å². The summed E-state index contributed by atoms with van der Waals surface area (Å²) >= 11 is 0. The zero-order chi connectivity index (χ0) is 16.8. The molecule has 0 amide bonds. The summed E-state index contributed by atoms with van der Waals surface area (Å²) in [5.41, 5.74) is 2.17. The minimum absolute atomic E-state index is 0.174. The van der Waals surface area contributed by atoms with Crippen molar-refractivity contribution >= 4 is 5.78 Å². The normalized spacial score (nSPS) is 8.77. The molecule has 0 aromatic heterocycles. The van der Waals surface area contributed by atoms with E-state index in [9.17, 15) is 4.79 Å². The molecule has 120 valence electrons. The van der Waals surface area contributed by atoms with E-state index in [1.165, 1.54) is 0 Å². The zero-order valence-electron chi connectivity index (χ0n) is 14.4. The largest absolute Gasteiger partial charge is 0.489 e. The summed E-state index contributed by atoms with van der Waals surface area (Å²) in [5, 5.41) is 0. The Morgan fingerprint density at radius 1 is 0.818 bits per heavy atom. The van der Waals surface area contributed by atoms with Gasteiger partial charge >= 0.3 is 0 Å². The predicted octanol–water partition coefficient (Wildman–Crippen LogP) is 5.45.